The average molecular weight is 327 g/mol. The molecule has 0 unspecified atom stereocenters. The molecule has 0 saturated carbocycles. The van der Waals surface area contributed by atoms with Crippen LogP contribution in [0.25, 0.3) is 0 Å². The molecule has 0 radical (unpaired) electrons. The van der Waals surface area contributed by atoms with Crippen LogP contribution in [0.15, 0.2) is 30.3 Å². The molecule has 3 heterocycles. The lowest BCUT2D eigenvalue weighted by molar-refractivity contribution is -0.0810. The highest BCUT2D eigenvalue weighted by molar-refractivity contribution is 5.15. The first-order valence-electron chi connectivity index (χ1n) is 10.4. The summed E-state index contributed by atoms with van der Waals surface area (Å²) in [7, 11) is 0. The monoisotopic (exact) mass is 326 g/mol. The Hall–Kier alpha value is -0.860. The smallest absolute Gasteiger partial charge is 0.0236 e. The molecule has 2 nitrogen and oxygen atoms in total. The Kier molecular flexibility index (Phi) is 5.24. The molecule has 3 aliphatic rings. The minimum atomic E-state index is 0.812. The van der Waals surface area contributed by atoms with Gasteiger partial charge in [-0.1, -0.05) is 50.1 Å². The summed E-state index contributed by atoms with van der Waals surface area (Å²) >= 11 is 0. The molecule has 0 aliphatic carbocycles. The summed E-state index contributed by atoms with van der Waals surface area (Å²) in [4.78, 5) is 5.76. The summed E-state index contributed by atoms with van der Waals surface area (Å²) < 4.78 is 0. The summed E-state index contributed by atoms with van der Waals surface area (Å²) in [5, 5.41) is 0. The van der Waals surface area contributed by atoms with Gasteiger partial charge >= 0.3 is 0 Å². The second-order valence-corrected chi connectivity index (χ2v) is 8.36. The van der Waals surface area contributed by atoms with E-state index < -0.39 is 0 Å². The average Bonchev–Trinajstić information content (AvgIpc) is 2.63. The molecule has 4 rings (SSSR count). The van der Waals surface area contributed by atoms with E-state index in [1.807, 2.05) is 0 Å². The standard InChI is InChI=1S/C22H34N2/c1-2-3-13-21-20-12-8-15-23-14-7-11-19(22(20)23)17-24(21)16-18-9-5-4-6-10-18/h4-6,9-10,19-22H,2-3,7-8,11-17H2,1H3/t19-,20+,21+,22-/m0/s1. The first-order chi connectivity index (χ1) is 11.9. The third-order valence-corrected chi connectivity index (χ3v) is 6.86. The molecular weight excluding hydrogens is 292 g/mol. The molecule has 4 atom stereocenters. The van der Waals surface area contributed by atoms with Gasteiger partial charge in [0.05, 0.1) is 0 Å². The Morgan fingerprint density at radius 3 is 2.62 bits per heavy atom. The quantitative estimate of drug-likeness (QED) is 0.783. The molecule has 0 spiro atoms. The Morgan fingerprint density at radius 1 is 1.04 bits per heavy atom. The second-order valence-electron chi connectivity index (χ2n) is 8.36. The minimum Gasteiger partial charge on any atom is -0.300 e. The van der Waals surface area contributed by atoms with Gasteiger partial charge in [-0.2, -0.15) is 0 Å². The zero-order valence-electron chi connectivity index (χ0n) is 15.4. The fraction of sp³-hybridized carbons (Fsp3) is 0.727. The van der Waals surface area contributed by atoms with E-state index >= 15 is 0 Å². The van der Waals surface area contributed by atoms with Gasteiger partial charge in [0.1, 0.15) is 0 Å². The maximum absolute atomic E-state index is 2.88. The lowest BCUT2D eigenvalue weighted by Crippen LogP contribution is -2.64. The van der Waals surface area contributed by atoms with Crippen LogP contribution < -0.4 is 0 Å². The van der Waals surface area contributed by atoms with Crippen molar-refractivity contribution < 1.29 is 0 Å². The third kappa shape index (κ3) is 3.28. The van der Waals surface area contributed by atoms with Gasteiger partial charge in [-0.25, -0.2) is 0 Å². The van der Waals surface area contributed by atoms with Crippen LogP contribution in [-0.4, -0.2) is 41.5 Å². The topological polar surface area (TPSA) is 6.48 Å². The lowest BCUT2D eigenvalue weighted by Gasteiger charge is -2.57. The summed E-state index contributed by atoms with van der Waals surface area (Å²) in [6, 6.07) is 12.9. The van der Waals surface area contributed by atoms with Crippen LogP contribution in [0.4, 0.5) is 0 Å². The van der Waals surface area contributed by atoms with Gasteiger partial charge in [0.15, 0.2) is 0 Å². The van der Waals surface area contributed by atoms with E-state index in [1.54, 1.807) is 0 Å². The van der Waals surface area contributed by atoms with Crippen LogP contribution in [0.1, 0.15) is 57.4 Å². The zero-order chi connectivity index (χ0) is 16.4. The van der Waals surface area contributed by atoms with Crippen LogP contribution in [0.3, 0.4) is 0 Å². The number of piperidine rings is 3. The van der Waals surface area contributed by atoms with Crippen molar-refractivity contribution in [2.45, 2.75) is 70.5 Å². The van der Waals surface area contributed by atoms with E-state index in [-0.39, 0.29) is 0 Å². The maximum atomic E-state index is 2.88. The van der Waals surface area contributed by atoms with Crippen molar-refractivity contribution in [2.75, 3.05) is 19.6 Å². The van der Waals surface area contributed by atoms with Gasteiger partial charge in [-0.15, -0.1) is 0 Å². The molecule has 1 aromatic carbocycles. The van der Waals surface area contributed by atoms with Crippen molar-refractivity contribution >= 4 is 0 Å². The van der Waals surface area contributed by atoms with E-state index in [4.69, 9.17) is 0 Å². The molecule has 24 heavy (non-hydrogen) atoms. The number of rotatable bonds is 5. The van der Waals surface area contributed by atoms with Crippen molar-refractivity contribution in [1.82, 2.24) is 9.80 Å². The molecule has 0 N–H and O–H groups in total. The molecule has 3 saturated heterocycles. The Morgan fingerprint density at radius 2 is 1.83 bits per heavy atom. The van der Waals surface area contributed by atoms with E-state index in [0.29, 0.717) is 0 Å². The first kappa shape index (κ1) is 16.6. The fourth-order valence-corrected chi connectivity index (χ4v) is 5.89. The molecular formula is C22H34N2. The normalized spacial score (nSPS) is 34.0. The Balaban J connectivity index is 1.57. The largest absolute Gasteiger partial charge is 0.300 e. The van der Waals surface area contributed by atoms with Crippen LogP contribution >= 0.6 is 0 Å². The number of likely N-dealkylation sites (tertiary alicyclic amines) is 1. The Bertz CT molecular complexity index is 512. The summed E-state index contributed by atoms with van der Waals surface area (Å²) in [5.74, 6) is 1.85. The highest BCUT2D eigenvalue weighted by Gasteiger charge is 2.47. The highest BCUT2D eigenvalue weighted by atomic mass is 15.3. The predicted molar refractivity (Wildman–Crippen MR) is 101 cm³/mol. The van der Waals surface area contributed by atoms with Gasteiger partial charge in [-0.3, -0.25) is 9.80 Å². The summed E-state index contributed by atoms with van der Waals surface area (Å²) in [6.07, 6.45) is 9.91. The van der Waals surface area contributed by atoms with Crippen molar-refractivity contribution in [1.29, 1.82) is 0 Å². The number of hydrogen-bond acceptors (Lipinski definition) is 2. The van der Waals surface area contributed by atoms with Crippen LogP contribution in [-0.2, 0) is 6.54 Å². The van der Waals surface area contributed by atoms with Gasteiger partial charge in [0, 0.05) is 25.2 Å². The fourth-order valence-electron chi connectivity index (χ4n) is 5.89. The maximum Gasteiger partial charge on any atom is 0.0236 e. The Labute approximate surface area is 148 Å². The molecule has 0 amide bonds. The van der Waals surface area contributed by atoms with Crippen LogP contribution in [0, 0.1) is 11.8 Å². The van der Waals surface area contributed by atoms with Crippen molar-refractivity contribution in [3.63, 3.8) is 0 Å². The number of unbranched alkanes of at least 4 members (excludes halogenated alkanes) is 1. The van der Waals surface area contributed by atoms with Crippen LogP contribution in [0.2, 0.25) is 0 Å². The summed E-state index contributed by atoms with van der Waals surface area (Å²) in [6.45, 7) is 7.59. The SMILES string of the molecule is CCCC[C@@H]1[C@H]2CCCN3CCC[C@@H](CN1Cc1ccccc1)[C@@H]23. The molecule has 1 aromatic rings. The van der Waals surface area contributed by atoms with Gasteiger partial charge in [0.2, 0.25) is 0 Å². The minimum absolute atomic E-state index is 0.812. The number of hydrogen-bond donors (Lipinski definition) is 0. The first-order valence-corrected chi connectivity index (χ1v) is 10.4. The van der Waals surface area contributed by atoms with E-state index in [0.717, 1.165) is 30.5 Å². The van der Waals surface area contributed by atoms with Crippen molar-refractivity contribution in [3.8, 4) is 0 Å². The van der Waals surface area contributed by atoms with E-state index in [1.165, 1.54) is 70.1 Å². The molecule has 3 aliphatic heterocycles. The molecule has 3 fully saturated rings. The summed E-state index contributed by atoms with van der Waals surface area (Å²) in [5.41, 5.74) is 1.50. The molecule has 132 valence electrons. The second kappa shape index (κ2) is 7.58. The predicted octanol–water partition coefficient (Wildman–Crippen LogP) is 4.55. The zero-order valence-corrected chi connectivity index (χ0v) is 15.4. The van der Waals surface area contributed by atoms with Crippen LogP contribution in [0.5, 0.6) is 0 Å². The molecule has 0 aromatic heterocycles. The third-order valence-electron chi connectivity index (χ3n) is 6.86. The highest BCUT2D eigenvalue weighted by Crippen LogP contribution is 2.43. The van der Waals surface area contributed by atoms with Gasteiger partial charge in [0.25, 0.3) is 0 Å². The van der Waals surface area contributed by atoms with Crippen molar-refractivity contribution in [2.24, 2.45) is 11.8 Å². The molecule has 0 bridgehead atoms. The van der Waals surface area contributed by atoms with E-state index in [2.05, 4.69) is 47.1 Å². The number of nitrogens with zero attached hydrogens (tertiary/aromatic N) is 2. The van der Waals surface area contributed by atoms with Gasteiger partial charge in [-0.05, 0) is 62.6 Å². The van der Waals surface area contributed by atoms with Crippen molar-refractivity contribution in [3.05, 3.63) is 35.9 Å². The molecule has 2 heteroatoms. The van der Waals surface area contributed by atoms with E-state index in [9.17, 15) is 0 Å². The van der Waals surface area contributed by atoms with Gasteiger partial charge < -0.3 is 0 Å². The number of benzene rings is 1. The lowest BCUT2D eigenvalue weighted by atomic mass is 9.69.